The first-order valence-electron chi connectivity index (χ1n) is 8.21. The maximum absolute atomic E-state index is 12.9. The maximum Gasteiger partial charge on any atom is 0.309 e. The van der Waals surface area contributed by atoms with Crippen LogP contribution in [0.15, 0.2) is 28.7 Å². The molecule has 3 aliphatic carbocycles. The van der Waals surface area contributed by atoms with Crippen molar-refractivity contribution in [2.75, 3.05) is 12.4 Å². The summed E-state index contributed by atoms with van der Waals surface area (Å²) in [4.78, 5) is 25.2. The number of ether oxygens (including phenoxy) is 1. The maximum atomic E-state index is 12.9. The number of carbonyl (C=O) groups excluding carboxylic acids is 2. The Morgan fingerprint density at radius 1 is 1.13 bits per heavy atom. The lowest BCUT2D eigenvalue weighted by molar-refractivity contribution is -0.151. The third-order valence-corrected chi connectivity index (χ3v) is 6.76. The fraction of sp³-hybridized carbons (Fsp3) is 0.556. The first-order chi connectivity index (χ1) is 11.1. The van der Waals surface area contributed by atoms with Gasteiger partial charge in [0.05, 0.1) is 18.9 Å². The van der Waals surface area contributed by atoms with Gasteiger partial charge in [-0.25, -0.2) is 0 Å². The fourth-order valence-electron chi connectivity index (χ4n) is 5.22. The molecule has 3 saturated carbocycles. The molecule has 1 aromatic rings. The molecule has 4 nitrogen and oxygen atoms in total. The topological polar surface area (TPSA) is 55.4 Å². The Morgan fingerprint density at radius 2 is 1.74 bits per heavy atom. The van der Waals surface area contributed by atoms with Crippen molar-refractivity contribution in [2.24, 2.45) is 29.1 Å². The molecule has 0 saturated heterocycles. The number of methoxy groups -OCH3 is 1. The van der Waals surface area contributed by atoms with Gasteiger partial charge < -0.3 is 10.1 Å². The minimum atomic E-state index is -0.267. The summed E-state index contributed by atoms with van der Waals surface area (Å²) in [5.41, 5.74) is 1.02. The first-order valence-corrected chi connectivity index (χ1v) is 9.00. The van der Waals surface area contributed by atoms with E-state index in [9.17, 15) is 9.59 Å². The minimum Gasteiger partial charge on any atom is -0.469 e. The van der Waals surface area contributed by atoms with Crippen molar-refractivity contribution in [3.8, 4) is 0 Å². The zero-order valence-electron chi connectivity index (χ0n) is 13.0. The molecule has 1 aromatic carbocycles. The van der Waals surface area contributed by atoms with Gasteiger partial charge in [-0.1, -0.05) is 15.9 Å². The van der Waals surface area contributed by atoms with Crippen LogP contribution in [0, 0.1) is 29.1 Å². The Morgan fingerprint density at radius 3 is 2.30 bits per heavy atom. The minimum absolute atomic E-state index is 0.0267. The van der Waals surface area contributed by atoms with Crippen molar-refractivity contribution in [1.29, 1.82) is 0 Å². The molecule has 1 amide bonds. The Hall–Kier alpha value is -1.36. The standard InChI is InChI=1S/C18H20BrNO3/c1-23-17(22)15-13-7-6-12(18(13)8-9-18)14(15)16(21)20-11-4-2-10(19)3-5-11/h2-5,12-15H,6-9H2,1H3,(H,20,21). The highest BCUT2D eigenvalue weighted by atomic mass is 79.9. The number of anilines is 1. The van der Waals surface area contributed by atoms with E-state index < -0.39 is 0 Å². The van der Waals surface area contributed by atoms with Gasteiger partial charge in [0.2, 0.25) is 5.91 Å². The average Bonchev–Trinajstić information content (AvgIpc) is 3.22. The quantitative estimate of drug-likeness (QED) is 0.818. The summed E-state index contributed by atoms with van der Waals surface area (Å²) in [7, 11) is 1.43. The lowest BCUT2D eigenvalue weighted by atomic mass is 9.78. The van der Waals surface area contributed by atoms with E-state index in [1.807, 2.05) is 24.3 Å². The molecule has 4 atom stereocenters. The van der Waals surface area contributed by atoms with Gasteiger partial charge in [-0.3, -0.25) is 9.59 Å². The number of amides is 1. The van der Waals surface area contributed by atoms with E-state index in [0.717, 1.165) is 35.8 Å². The lowest BCUT2D eigenvalue weighted by Gasteiger charge is -2.27. The zero-order chi connectivity index (χ0) is 16.2. The SMILES string of the molecule is COC(=O)C1C(C(=O)Nc2ccc(Br)cc2)C2CCC1C21CC1. The molecular formula is C18H20BrNO3. The normalized spacial score (nSPS) is 32.8. The monoisotopic (exact) mass is 377 g/mol. The van der Waals surface area contributed by atoms with Gasteiger partial charge in [0, 0.05) is 10.2 Å². The molecule has 3 fully saturated rings. The van der Waals surface area contributed by atoms with Gasteiger partial charge in [0.25, 0.3) is 0 Å². The summed E-state index contributed by atoms with van der Waals surface area (Å²) in [5, 5.41) is 3.00. The van der Waals surface area contributed by atoms with E-state index in [-0.39, 0.29) is 29.1 Å². The summed E-state index contributed by atoms with van der Waals surface area (Å²) >= 11 is 3.39. The van der Waals surface area contributed by atoms with Crippen LogP contribution >= 0.6 is 15.9 Å². The average molecular weight is 378 g/mol. The largest absolute Gasteiger partial charge is 0.469 e. The highest BCUT2D eigenvalue weighted by Gasteiger charge is 2.71. The van der Waals surface area contributed by atoms with Gasteiger partial charge in [-0.2, -0.15) is 0 Å². The first kappa shape index (κ1) is 15.2. The molecule has 1 N–H and O–H groups in total. The number of hydrogen-bond acceptors (Lipinski definition) is 3. The summed E-state index contributed by atoms with van der Waals surface area (Å²) in [6.45, 7) is 0. The van der Waals surface area contributed by atoms with Crippen molar-refractivity contribution < 1.29 is 14.3 Å². The van der Waals surface area contributed by atoms with Gasteiger partial charge in [-0.05, 0) is 67.2 Å². The second kappa shape index (κ2) is 5.33. The third-order valence-electron chi connectivity index (χ3n) is 6.23. The van der Waals surface area contributed by atoms with E-state index in [1.54, 1.807) is 0 Å². The molecule has 122 valence electrons. The van der Waals surface area contributed by atoms with Gasteiger partial charge in [0.1, 0.15) is 0 Å². The molecule has 0 aromatic heterocycles. The molecule has 0 radical (unpaired) electrons. The number of carbonyl (C=O) groups is 2. The number of rotatable bonds is 3. The second-order valence-electron chi connectivity index (χ2n) is 7.09. The molecule has 3 aliphatic rings. The van der Waals surface area contributed by atoms with Crippen LogP contribution in [0.5, 0.6) is 0 Å². The van der Waals surface area contributed by atoms with Crippen LogP contribution in [0.1, 0.15) is 25.7 Å². The summed E-state index contributed by atoms with van der Waals surface area (Å²) in [6.07, 6.45) is 4.46. The summed E-state index contributed by atoms with van der Waals surface area (Å²) in [5.74, 6) is -0.0719. The highest BCUT2D eigenvalue weighted by Crippen LogP contribution is 2.74. The molecule has 4 unspecified atom stereocenters. The fourth-order valence-corrected chi connectivity index (χ4v) is 5.49. The summed E-state index contributed by atoms with van der Waals surface area (Å²) in [6, 6.07) is 7.54. The number of hydrogen-bond donors (Lipinski definition) is 1. The van der Waals surface area contributed by atoms with Crippen LogP contribution in [-0.4, -0.2) is 19.0 Å². The van der Waals surface area contributed by atoms with Crippen LogP contribution in [0.25, 0.3) is 0 Å². The lowest BCUT2D eigenvalue weighted by Crippen LogP contribution is -2.38. The van der Waals surface area contributed by atoms with E-state index in [2.05, 4.69) is 21.2 Å². The molecule has 2 bridgehead atoms. The van der Waals surface area contributed by atoms with E-state index in [0.29, 0.717) is 11.8 Å². The number of nitrogens with one attached hydrogen (secondary N) is 1. The van der Waals surface area contributed by atoms with E-state index in [4.69, 9.17) is 4.74 Å². The Bertz CT molecular complexity index is 653. The summed E-state index contributed by atoms with van der Waals surface area (Å²) < 4.78 is 6.00. The van der Waals surface area contributed by atoms with Crippen LogP contribution in [-0.2, 0) is 14.3 Å². The van der Waals surface area contributed by atoms with Crippen LogP contribution in [0.4, 0.5) is 5.69 Å². The van der Waals surface area contributed by atoms with Crippen molar-refractivity contribution in [2.45, 2.75) is 25.7 Å². The molecule has 0 heterocycles. The molecule has 23 heavy (non-hydrogen) atoms. The Balaban J connectivity index is 1.59. The highest BCUT2D eigenvalue weighted by molar-refractivity contribution is 9.10. The molecule has 0 aliphatic heterocycles. The number of benzene rings is 1. The van der Waals surface area contributed by atoms with Gasteiger partial charge in [0.15, 0.2) is 0 Å². The smallest absolute Gasteiger partial charge is 0.309 e. The van der Waals surface area contributed by atoms with Crippen molar-refractivity contribution in [3.05, 3.63) is 28.7 Å². The Labute approximate surface area is 144 Å². The van der Waals surface area contributed by atoms with Crippen molar-refractivity contribution >= 4 is 33.5 Å². The van der Waals surface area contributed by atoms with Gasteiger partial charge >= 0.3 is 5.97 Å². The molecule has 5 heteroatoms. The predicted molar refractivity (Wildman–Crippen MR) is 89.6 cm³/mol. The second-order valence-corrected chi connectivity index (χ2v) is 8.01. The zero-order valence-corrected chi connectivity index (χ0v) is 14.6. The predicted octanol–water partition coefficient (Wildman–Crippen LogP) is 3.61. The Kier molecular flexibility index (Phi) is 3.52. The van der Waals surface area contributed by atoms with E-state index in [1.165, 1.54) is 7.11 Å². The molecule has 4 rings (SSSR count). The van der Waals surface area contributed by atoms with E-state index >= 15 is 0 Å². The number of halogens is 1. The van der Waals surface area contributed by atoms with Crippen LogP contribution < -0.4 is 5.32 Å². The van der Waals surface area contributed by atoms with Crippen molar-refractivity contribution in [3.63, 3.8) is 0 Å². The number of esters is 1. The van der Waals surface area contributed by atoms with Gasteiger partial charge in [-0.15, -0.1) is 0 Å². The third kappa shape index (κ3) is 2.24. The van der Waals surface area contributed by atoms with Crippen LogP contribution in [0.2, 0.25) is 0 Å². The van der Waals surface area contributed by atoms with Crippen LogP contribution in [0.3, 0.4) is 0 Å². The molecule has 1 spiro atoms. The molecular weight excluding hydrogens is 358 g/mol. The van der Waals surface area contributed by atoms with Crippen molar-refractivity contribution in [1.82, 2.24) is 0 Å².